The lowest BCUT2D eigenvalue weighted by Gasteiger charge is -2.06. The molecule has 0 saturated heterocycles. The lowest BCUT2D eigenvalue weighted by atomic mass is 10.3. The second kappa shape index (κ2) is 5.94. The number of amides is 1. The van der Waals surface area contributed by atoms with E-state index in [1.807, 2.05) is 18.2 Å². The molecule has 0 radical (unpaired) electrons. The standard InChI is InChI=1S/C11H10IN5O3/c1-7-13-11(17(19)20)15-16(7)6-10(18)14-9-5-3-2-4-8(9)12/h2-5H,6H2,1H3,(H,14,18). The highest BCUT2D eigenvalue weighted by Crippen LogP contribution is 2.17. The van der Waals surface area contributed by atoms with Crippen molar-refractivity contribution < 1.29 is 9.72 Å². The van der Waals surface area contributed by atoms with E-state index < -0.39 is 10.9 Å². The first-order valence-corrected chi connectivity index (χ1v) is 6.65. The molecule has 1 aromatic carbocycles. The van der Waals surface area contributed by atoms with Crippen molar-refractivity contribution >= 4 is 40.1 Å². The van der Waals surface area contributed by atoms with Crippen molar-refractivity contribution in [1.82, 2.24) is 14.8 Å². The number of nitrogens with zero attached hydrogens (tertiary/aromatic N) is 4. The molecule has 20 heavy (non-hydrogen) atoms. The van der Waals surface area contributed by atoms with Gasteiger partial charge in [0.15, 0.2) is 0 Å². The van der Waals surface area contributed by atoms with Gasteiger partial charge in [-0.25, -0.2) is 0 Å². The molecule has 0 saturated carbocycles. The van der Waals surface area contributed by atoms with Crippen LogP contribution in [0.4, 0.5) is 11.6 Å². The average Bonchev–Trinajstić information content (AvgIpc) is 2.74. The topological polar surface area (TPSA) is 103 Å². The van der Waals surface area contributed by atoms with E-state index in [2.05, 4.69) is 38.0 Å². The number of carbonyl (C=O) groups excluding carboxylic acids is 1. The van der Waals surface area contributed by atoms with Gasteiger partial charge >= 0.3 is 5.95 Å². The minimum atomic E-state index is -0.693. The number of hydrogen-bond acceptors (Lipinski definition) is 5. The molecule has 9 heteroatoms. The summed E-state index contributed by atoms with van der Waals surface area (Å²) in [6.45, 7) is 1.43. The maximum Gasteiger partial charge on any atom is 0.491 e. The molecule has 0 atom stereocenters. The molecule has 2 aromatic rings. The van der Waals surface area contributed by atoms with Crippen LogP contribution in [-0.2, 0) is 11.3 Å². The molecular weight excluding hydrogens is 377 g/mol. The van der Waals surface area contributed by atoms with Gasteiger partial charge in [0.2, 0.25) is 11.7 Å². The molecule has 0 unspecified atom stereocenters. The SMILES string of the molecule is Cc1nc([N+](=O)[O-])nn1CC(=O)Nc1ccccc1I. The first kappa shape index (κ1) is 14.4. The quantitative estimate of drug-likeness (QED) is 0.489. The van der Waals surface area contributed by atoms with Crippen LogP contribution in [0.15, 0.2) is 24.3 Å². The summed E-state index contributed by atoms with van der Waals surface area (Å²) in [5, 5.41) is 16.9. The Balaban J connectivity index is 2.09. The summed E-state index contributed by atoms with van der Waals surface area (Å²) in [5.74, 6) is -0.517. The number of aromatic nitrogens is 3. The number of rotatable bonds is 4. The summed E-state index contributed by atoms with van der Waals surface area (Å²) in [5.41, 5.74) is 0.686. The molecular formula is C11H10IN5O3. The van der Waals surface area contributed by atoms with E-state index in [9.17, 15) is 14.9 Å². The second-order valence-electron chi connectivity index (χ2n) is 3.90. The molecule has 0 aliphatic carbocycles. The minimum absolute atomic E-state index is 0.127. The number of nitro groups is 1. The Labute approximate surface area is 127 Å². The molecule has 0 aliphatic rings. The third kappa shape index (κ3) is 3.29. The minimum Gasteiger partial charge on any atom is -0.390 e. The van der Waals surface area contributed by atoms with Gasteiger partial charge < -0.3 is 15.4 Å². The van der Waals surface area contributed by atoms with Crippen LogP contribution < -0.4 is 5.32 Å². The smallest absolute Gasteiger partial charge is 0.390 e. The number of para-hydroxylation sites is 1. The fraction of sp³-hybridized carbons (Fsp3) is 0.182. The second-order valence-corrected chi connectivity index (χ2v) is 5.06. The molecule has 104 valence electrons. The number of hydrogen-bond donors (Lipinski definition) is 1. The summed E-state index contributed by atoms with van der Waals surface area (Å²) in [4.78, 5) is 25.4. The number of aryl methyl sites for hydroxylation is 1. The number of nitrogens with one attached hydrogen (secondary N) is 1. The van der Waals surface area contributed by atoms with E-state index >= 15 is 0 Å². The van der Waals surface area contributed by atoms with Gasteiger partial charge in [-0.1, -0.05) is 12.1 Å². The Kier molecular flexibility index (Phi) is 4.27. The van der Waals surface area contributed by atoms with Gasteiger partial charge in [0, 0.05) is 15.6 Å². The molecule has 1 aromatic heterocycles. The Morgan fingerprint density at radius 2 is 2.20 bits per heavy atom. The molecule has 2 rings (SSSR count). The fourth-order valence-corrected chi connectivity index (χ4v) is 2.04. The predicted molar refractivity (Wildman–Crippen MR) is 79.2 cm³/mol. The van der Waals surface area contributed by atoms with Gasteiger partial charge in [-0.05, 0) is 44.6 Å². The maximum atomic E-state index is 11.9. The van der Waals surface area contributed by atoms with E-state index in [0.717, 1.165) is 3.57 Å². The van der Waals surface area contributed by atoms with Gasteiger partial charge in [-0.2, -0.15) is 4.68 Å². The Hall–Kier alpha value is -2.04. The third-order valence-corrected chi connectivity index (χ3v) is 3.39. The molecule has 0 spiro atoms. The first-order valence-electron chi connectivity index (χ1n) is 5.57. The Morgan fingerprint density at radius 1 is 1.50 bits per heavy atom. The van der Waals surface area contributed by atoms with Crippen molar-refractivity contribution in [3.63, 3.8) is 0 Å². The van der Waals surface area contributed by atoms with Crippen LogP contribution in [-0.4, -0.2) is 25.6 Å². The number of anilines is 1. The normalized spacial score (nSPS) is 10.3. The van der Waals surface area contributed by atoms with Crippen LogP contribution in [0.5, 0.6) is 0 Å². The van der Waals surface area contributed by atoms with Crippen molar-refractivity contribution in [2.75, 3.05) is 5.32 Å². The van der Waals surface area contributed by atoms with Gasteiger partial charge in [-0.3, -0.25) is 4.79 Å². The summed E-state index contributed by atoms with van der Waals surface area (Å²) >= 11 is 2.11. The first-order chi connectivity index (χ1) is 9.47. The summed E-state index contributed by atoms with van der Waals surface area (Å²) in [6.07, 6.45) is 0. The van der Waals surface area contributed by atoms with Crippen LogP contribution in [0.1, 0.15) is 5.82 Å². The van der Waals surface area contributed by atoms with E-state index in [0.29, 0.717) is 11.5 Å². The predicted octanol–water partition coefficient (Wildman–Crippen LogP) is 1.74. The van der Waals surface area contributed by atoms with Crippen LogP contribution in [0.2, 0.25) is 0 Å². The molecule has 0 fully saturated rings. The summed E-state index contributed by atoms with van der Waals surface area (Å²) in [6, 6.07) is 7.31. The molecule has 0 aliphatic heterocycles. The fourth-order valence-electron chi connectivity index (χ4n) is 1.52. The summed E-state index contributed by atoms with van der Waals surface area (Å²) < 4.78 is 2.10. The zero-order valence-corrected chi connectivity index (χ0v) is 12.6. The van der Waals surface area contributed by atoms with E-state index in [1.165, 1.54) is 4.68 Å². The van der Waals surface area contributed by atoms with E-state index in [-0.39, 0.29) is 12.5 Å². The van der Waals surface area contributed by atoms with E-state index in [1.54, 1.807) is 13.0 Å². The molecule has 1 amide bonds. The zero-order valence-electron chi connectivity index (χ0n) is 10.4. The van der Waals surface area contributed by atoms with Crippen LogP contribution >= 0.6 is 22.6 Å². The largest absolute Gasteiger partial charge is 0.491 e. The Morgan fingerprint density at radius 3 is 2.80 bits per heavy atom. The van der Waals surface area contributed by atoms with Gasteiger partial charge in [-0.15, -0.1) is 0 Å². The highest BCUT2D eigenvalue weighted by Gasteiger charge is 2.20. The third-order valence-electron chi connectivity index (χ3n) is 2.45. The number of carbonyl (C=O) groups is 1. The van der Waals surface area contributed by atoms with Gasteiger partial charge in [0.05, 0.1) is 5.69 Å². The molecule has 1 heterocycles. The molecule has 0 bridgehead atoms. The maximum absolute atomic E-state index is 11.9. The zero-order chi connectivity index (χ0) is 14.7. The van der Waals surface area contributed by atoms with Gasteiger partial charge in [0.25, 0.3) is 0 Å². The Bertz CT molecular complexity index is 670. The van der Waals surface area contributed by atoms with Crippen molar-refractivity contribution in [3.8, 4) is 0 Å². The van der Waals surface area contributed by atoms with Crippen molar-refractivity contribution in [3.05, 3.63) is 43.8 Å². The monoisotopic (exact) mass is 387 g/mol. The van der Waals surface area contributed by atoms with E-state index in [4.69, 9.17) is 0 Å². The molecule has 1 N–H and O–H groups in total. The highest BCUT2D eigenvalue weighted by molar-refractivity contribution is 14.1. The van der Waals surface area contributed by atoms with Crippen molar-refractivity contribution in [1.29, 1.82) is 0 Å². The average molecular weight is 387 g/mol. The molecule has 8 nitrogen and oxygen atoms in total. The number of halogens is 1. The van der Waals surface area contributed by atoms with Crippen LogP contribution in [0, 0.1) is 20.6 Å². The van der Waals surface area contributed by atoms with Crippen molar-refractivity contribution in [2.45, 2.75) is 13.5 Å². The van der Waals surface area contributed by atoms with Gasteiger partial charge in [0.1, 0.15) is 6.54 Å². The van der Waals surface area contributed by atoms with Crippen molar-refractivity contribution in [2.24, 2.45) is 0 Å². The summed E-state index contributed by atoms with van der Waals surface area (Å²) in [7, 11) is 0. The lowest BCUT2D eigenvalue weighted by Crippen LogP contribution is -2.20. The van der Waals surface area contributed by atoms with Crippen LogP contribution in [0.3, 0.4) is 0 Å². The highest BCUT2D eigenvalue weighted by atomic mass is 127. The van der Waals surface area contributed by atoms with Crippen LogP contribution in [0.25, 0.3) is 0 Å². The lowest BCUT2D eigenvalue weighted by molar-refractivity contribution is -0.394. The number of benzene rings is 1.